The van der Waals surface area contributed by atoms with Crippen molar-refractivity contribution in [3.05, 3.63) is 18.5 Å². The first kappa shape index (κ1) is 9.38. The number of likely N-dealkylation sites (tertiary alicyclic amines) is 1. The Balaban J connectivity index is 1.74. The third-order valence-corrected chi connectivity index (χ3v) is 3.41. The summed E-state index contributed by atoms with van der Waals surface area (Å²) in [5.74, 6) is 0.707. The average molecular weight is 220 g/mol. The van der Waals surface area contributed by atoms with Gasteiger partial charge in [0.1, 0.15) is 0 Å². The van der Waals surface area contributed by atoms with Crippen LogP contribution in [0.25, 0.3) is 0 Å². The Hall–Kier alpha value is -1.85. The van der Waals surface area contributed by atoms with E-state index in [0.29, 0.717) is 19.0 Å². The lowest BCUT2D eigenvalue weighted by Crippen LogP contribution is -2.78. The molecule has 1 aromatic heterocycles. The summed E-state index contributed by atoms with van der Waals surface area (Å²) < 4.78 is 0. The van der Waals surface area contributed by atoms with E-state index in [1.807, 2.05) is 0 Å². The Morgan fingerprint density at radius 1 is 1.38 bits per heavy atom. The maximum atomic E-state index is 10.7. The highest BCUT2D eigenvalue weighted by molar-refractivity contribution is 5.68. The predicted molar refractivity (Wildman–Crippen MR) is 56.3 cm³/mol. The van der Waals surface area contributed by atoms with Gasteiger partial charge in [0.2, 0.25) is 5.95 Å². The SMILES string of the molecule is O=C(O)N1CC2(CCN2c2ncccn2)C1. The zero-order valence-corrected chi connectivity index (χ0v) is 8.70. The van der Waals surface area contributed by atoms with Crippen molar-refractivity contribution in [2.24, 2.45) is 0 Å². The van der Waals surface area contributed by atoms with E-state index in [-0.39, 0.29) is 5.54 Å². The summed E-state index contributed by atoms with van der Waals surface area (Å²) in [6.07, 6.45) is 3.60. The Labute approximate surface area is 92.5 Å². The van der Waals surface area contributed by atoms with E-state index in [2.05, 4.69) is 14.9 Å². The van der Waals surface area contributed by atoms with Crippen LogP contribution in [-0.4, -0.2) is 51.2 Å². The summed E-state index contributed by atoms with van der Waals surface area (Å²) in [7, 11) is 0. The molecule has 0 aromatic carbocycles. The zero-order chi connectivity index (χ0) is 11.2. The molecule has 3 heterocycles. The summed E-state index contributed by atoms with van der Waals surface area (Å²) in [5.41, 5.74) is -0.0280. The van der Waals surface area contributed by atoms with Gasteiger partial charge in [0.15, 0.2) is 0 Å². The van der Waals surface area contributed by atoms with E-state index in [4.69, 9.17) is 5.11 Å². The summed E-state index contributed by atoms with van der Waals surface area (Å²) in [6, 6.07) is 1.78. The van der Waals surface area contributed by atoms with E-state index in [9.17, 15) is 4.79 Å². The number of amides is 1. The fourth-order valence-electron chi connectivity index (χ4n) is 2.41. The Bertz CT molecular complexity index is 416. The summed E-state index contributed by atoms with van der Waals surface area (Å²) in [5, 5.41) is 8.82. The van der Waals surface area contributed by atoms with E-state index in [0.717, 1.165) is 13.0 Å². The summed E-state index contributed by atoms with van der Waals surface area (Å²) >= 11 is 0. The van der Waals surface area contributed by atoms with Crippen molar-refractivity contribution in [1.29, 1.82) is 0 Å². The molecule has 6 heteroatoms. The van der Waals surface area contributed by atoms with Gasteiger partial charge in [-0.2, -0.15) is 0 Å². The van der Waals surface area contributed by atoms with Gasteiger partial charge < -0.3 is 14.9 Å². The molecule has 2 saturated heterocycles. The molecule has 1 spiro atoms. The van der Waals surface area contributed by atoms with Gasteiger partial charge in [-0.1, -0.05) is 0 Å². The van der Waals surface area contributed by atoms with Crippen LogP contribution in [0.3, 0.4) is 0 Å². The van der Waals surface area contributed by atoms with Gasteiger partial charge in [-0.15, -0.1) is 0 Å². The second kappa shape index (κ2) is 3.07. The largest absolute Gasteiger partial charge is 0.465 e. The summed E-state index contributed by atoms with van der Waals surface area (Å²) in [4.78, 5) is 22.7. The van der Waals surface area contributed by atoms with Crippen molar-refractivity contribution < 1.29 is 9.90 Å². The third kappa shape index (κ3) is 1.16. The molecule has 2 aliphatic heterocycles. The third-order valence-electron chi connectivity index (χ3n) is 3.41. The molecule has 0 saturated carbocycles. The fourth-order valence-corrected chi connectivity index (χ4v) is 2.41. The van der Waals surface area contributed by atoms with Crippen LogP contribution in [0, 0.1) is 0 Å². The highest BCUT2D eigenvalue weighted by Crippen LogP contribution is 2.40. The molecule has 84 valence electrons. The lowest BCUT2D eigenvalue weighted by atomic mass is 9.78. The molecule has 2 fully saturated rings. The van der Waals surface area contributed by atoms with Crippen molar-refractivity contribution in [2.75, 3.05) is 24.5 Å². The standard InChI is InChI=1S/C10H12N4O2/c15-9(16)13-6-10(7-13)2-5-14(10)8-11-3-1-4-12-8/h1,3-4H,2,5-7H2,(H,15,16). The highest BCUT2D eigenvalue weighted by Gasteiger charge is 2.55. The minimum atomic E-state index is -0.841. The fraction of sp³-hybridized carbons (Fsp3) is 0.500. The lowest BCUT2D eigenvalue weighted by Gasteiger charge is -2.61. The molecule has 2 aliphatic rings. The quantitative estimate of drug-likeness (QED) is 0.742. The maximum Gasteiger partial charge on any atom is 0.407 e. The van der Waals surface area contributed by atoms with Gasteiger partial charge in [0, 0.05) is 32.0 Å². The normalized spacial score (nSPS) is 21.5. The number of hydrogen-bond donors (Lipinski definition) is 1. The first-order chi connectivity index (χ1) is 7.71. The van der Waals surface area contributed by atoms with Crippen LogP contribution in [0.4, 0.5) is 10.7 Å². The minimum Gasteiger partial charge on any atom is -0.465 e. The Morgan fingerprint density at radius 2 is 2.06 bits per heavy atom. The van der Waals surface area contributed by atoms with Crippen LogP contribution >= 0.6 is 0 Å². The second-order valence-electron chi connectivity index (χ2n) is 4.31. The van der Waals surface area contributed by atoms with Crippen molar-refractivity contribution in [3.8, 4) is 0 Å². The molecule has 0 aliphatic carbocycles. The van der Waals surface area contributed by atoms with Crippen molar-refractivity contribution in [2.45, 2.75) is 12.0 Å². The van der Waals surface area contributed by atoms with Gasteiger partial charge in [-0.25, -0.2) is 14.8 Å². The van der Waals surface area contributed by atoms with Crippen LogP contribution in [0.15, 0.2) is 18.5 Å². The summed E-state index contributed by atoms with van der Waals surface area (Å²) in [6.45, 7) is 2.05. The monoisotopic (exact) mass is 220 g/mol. The number of carbonyl (C=O) groups is 1. The number of hydrogen-bond acceptors (Lipinski definition) is 4. The Morgan fingerprint density at radius 3 is 2.56 bits per heavy atom. The molecular formula is C10H12N4O2. The predicted octanol–water partition coefficient (Wildman–Crippen LogP) is 0.419. The molecule has 6 nitrogen and oxygen atoms in total. The van der Waals surface area contributed by atoms with Crippen LogP contribution < -0.4 is 4.90 Å². The minimum absolute atomic E-state index is 0.0280. The molecule has 1 aromatic rings. The Kier molecular flexibility index (Phi) is 1.80. The molecular weight excluding hydrogens is 208 g/mol. The van der Waals surface area contributed by atoms with E-state index < -0.39 is 6.09 Å². The van der Waals surface area contributed by atoms with E-state index in [1.165, 1.54) is 4.90 Å². The number of rotatable bonds is 1. The van der Waals surface area contributed by atoms with Gasteiger partial charge in [0.05, 0.1) is 5.54 Å². The topological polar surface area (TPSA) is 69.6 Å². The number of carboxylic acid groups (broad SMARTS) is 1. The van der Waals surface area contributed by atoms with Crippen LogP contribution in [-0.2, 0) is 0 Å². The second-order valence-corrected chi connectivity index (χ2v) is 4.31. The first-order valence-electron chi connectivity index (χ1n) is 5.24. The van der Waals surface area contributed by atoms with Gasteiger partial charge >= 0.3 is 6.09 Å². The van der Waals surface area contributed by atoms with Crippen molar-refractivity contribution in [1.82, 2.24) is 14.9 Å². The van der Waals surface area contributed by atoms with Crippen molar-refractivity contribution in [3.63, 3.8) is 0 Å². The molecule has 0 atom stereocenters. The van der Waals surface area contributed by atoms with Crippen LogP contribution in [0.5, 0.6) is 0 Å². The number of nitrogens with zero attached hydrogens (tertiary/aromatic N) is 4. The highest BCUT2D eigenvalue weighted by atomic mass is 16.4. The molecule has 3 rings (SSSR count). The molecule has 1 N–H and O–H groups in total. The van der Waals surface area contributed by atoms with Gasteiger partial charge in [-0.3, -0.25) is 0 Å². The number of anilines is 1. The molecule has 0 unspecified atom stereocenters. The van der Waals surface area contributed by atoms with Gasteiger partial charge in [-0.05, 0) is 12.5 Å². The van der Waals surface area contributed by atoms with E-state index >= 15 is 0 Å². The number of aromatic nitrogens is 2. The lowest BCUT2D eigenvalue weighted by molar-refractivity contribution is 0.0287. The molecule has 1 amide bonds. The maximum absolute atomic E-state index is 10.7. The molecule has 0 radical (unpaired) electrons. The van der Waals surface area contributed by atoms with E-state index in [1.54, 1.807) is 18.5 Å². The zero-order valence-electron chi connectivity index (χ0n) is 8.70. The smallest absolute Gasteiger partial charge is 0.407 e. The molecule has 16 heavy (non-hydrogen) atoms. The average Bonchev–Trinajstić information content (AvgIpc) is 2.15. The molecule has 0 bridgehead atoms. The van der Waals surface area contributed by atoms with Crippen molar-refractivity contribution >= 4 is 12.0 Å². The van der Waals surface area contributed by atoms with Crippen LogP contribution in [0.2, 0.25) is 0 Å². The van der Waals surface area contributed by atoms with Gasteiger partial charge in [0.25, 0.3) is 0 Å². The van der Waals surface area contributed by atoms with Crippen LogP contribution in [0.1, 0.15) is 6.42 Å². The first-order valence-corrected chi connectivity index (χ1v) is 5.24.